The lowest BCUT2D eigenvalue weighted by molar-refractivity contribution is -0.130. The zero-order valence-electron chi connectivity index (χ0n) is 16.4. The maximum atomic E-state index is 12.7. The van der Waals surface area contributed by atoms with E-state index in [9.17, 15) is 14.4 Å². The van der Waals surface area contributed by atoms with Crippen molar-refractivity contribution in [2.24, 2.45) is 11.3 Å². The number of anilines is 1. The molecule has 2 aliphatic rings. The maximum absolute atomic E-state index is 12.7. The van der Waals surface area contributed by atoms with Crippen LogP contribution in [0, 0.1) is 11.3 Å². The predicted molar refractivity (Wildman–Crippen MR) is 104 cm³/mol. The van der Waals surface area contributed by atoms with Gasteiger partial charge in [0.25, 0.3) is 5.91 Å². The Balaban J connectivity index is 1.68. The highest BCUT2D eigenvalue weighted by molar-refractivity contribution is 6.01. The van der Waals surface area contributed by atoms with E-state index in [1.54, 1.807) is 24.3 Å². The number of hydrogen-bond donors (Lipinski definition) is 2. The summed E-state index contributed by atoms with van der Waals surface area (Å²) in [5.74, 6) is 0.0522. The van der Waals surface area contributed by atoms with Crippen molar-refractivity contribution < 1.29 is 14.4 Å². The highest BCUT2D eigenvalue weighted by atomic mass is 16.2. The van der Waals surface area contributed by atoms with Crippen molar-refractivity contribution in [2.75, 3.05) is 5.01 Å². The van der Waals surface area contributed by atoms with E-state index in [4.69, 9.17) is 0 Å². The van der Waals surface area contributed by atoms with Gasteiger partial charge in [0.15, 0.2) is 0 Å². The van der Waals surface area contributed by atoms with Crippen LogP contribution in [-0.2, 0) is 9.59 Å². The molecule has 2 unspecified atom stereocenters. The number of rotatable bonds is 3. The number of carbonyl (C=O) groups excluding carboxylic acids is 3. The summed E-state index contributed by atoms with van der Waals surface area (Å²) in [4.78, 5) is 36.2. The van der Waals surface area contributed by atoms with Crippen LogP contribution in [0.2, 0.25) is 0 Å². The van der Waals surface area contributed by atoms with E-state index >= 15 is 0 Å². The van der Waals surface area contributed by atoms with E-state index in [0.717, 1.165) is 19.3 Å². The lowest BCUT2D eigenvalue weighted by atomic mass is 9.69. The van der Waals surface area contributed by atoms with Gasteiger partial charge in [-0.1, -0.05) is 33.6 Å². The molecule has 1 saturated carbocycles. The van der Waals surface area contributed by atoms with Crippen LogP contribution < -0.4 is 15.8 Å². The molecule has 0 bridgehead atoms. The van der Waals surface area contributed by atoms with Gasteiger partial charge in [-0.15, -0.1) is 0 Å². The summed E-state index contributed by atoms with van der Waals surface area (Å²) in [7, 11) is 0. The Bertz CT molecular complexity index is 721. The third-order valence-electron chi connectivity index (χ3n) is 5.63. The van der Waals surface area contributed by atoms with Gasteiger partial charge in [-0.2, -0.15) is 0 Å². The molecule has 1 aromatic rings. The molecule has 1 aliphatic heterocycles. The average Bonchev–Trinajstić information content (AvgIpc) is 2.63. The van der Waals surface area contributed by atoms with Crippen molar-refractivity contribution in [1.29, 1.82) is 0 Å². The van der Waals surface area contributed by atoms with Crippen molar-refractivity contribution in [1.82, 2.24) is 10.7 Å². The van der Waals surface area contributed by atoms with Gasteiger partial charge in [-0.3, -0.25) is 19.8 Å². The van der Waals surface area contributed by atoms with Crippen LogP contribution in [0.3, 0.4) is 0 Å². The van der Waals surface area contributed by atoms with E-state index in [1.165, 1.54) is 11.4 Å². The van der Waals surface area contributed by atoms with E-state index in [-0.39, 0.29) is 42.0 Å². The second kappa shape index (κ2) is 7.71. The first-order valence-electron chi connectivity index (χ1n) is 9.79. The molecule has 1 heterocycles. The lowest BCUT2D eigenvalue weighted by Gasteiger charge is -2.40. The normalized spacial score (nSPS) is 23.7. The van der Waals surface area contributed by atoms with Crippen LogP contribution in [0.25, 0.3) is 0 Å². The van der Waals surface area contributed by atoms with Crippen molar-refractivity contribution in [3.8, 4) is 0 Å². The summed E-state index contributed by atoms with van der Waals surface area (Å²) < 4.78 is 0. The predicted octanol–water partition coefficient (Wildman–Crippen LogP) is 3.18. The standard InChI is InChI=1S/C21H29N3O3/c1-21(2,3)16-6-4-5-7-17(16)22-20(27)14-8-10-15(11-9-14)24-19(26)13-12-18(25)23-24/h8-11,16-17H,4-7,12-13H2,1-3H3,(H,22,27)(H,23,25). The van der Waals surface area contributed by atoms with Crippen LogP contribution in [0.5, 0.6) is 0 Å². The van der Waals surface area contributed by atoms with Crippen LogP contribution in [0.15, 0.2) is 24.3 Å². The SMILES string of the molecule is CC(C)(C)C1CCCCC1NC(=O)c1ccc(N2NC(=O)CCC2=O)cc1. The number of nitrogens with one attached hydrogen (secondary N) is 2. The summed E-state index contributed by atoms with van der Waals surface area (Å²) in [6, 6.07) is 6.98. The third-order valence-corrected chi connectivity index (χ3v) is 5.63. The zero-order valence-corrected chi connectivity index (χ0v) is 16.4. The van der Waals surface area contributed by atoms with Crippen LogP contribution >= 0.6 is 0 Å². The molecule has 1 saturated heterocycles. The van der Waals surface area contributed by atoms with Crippen molar-refractivity contribution in [3.63, 3.8) is 0 Å². The van der Waals surface area contributed by atoms with Crippen molar-refractivity contribution in [3.05, 3.63) is 29.8 Å². The molecule has 3 amide bonds. The number of carbonyl (C=O) groups is 3. The minimum Gasteiger partial charge on any atom is -0.349 e. The molecular formula is C21H29N3O3. The summed E-state index contributed by atoms with van der Waals surface area (Å²) >= 11 is 0. The molecule has 0 aromatic heterocycles. The molecule has 1 aliphatic carbocycles. The molecule has 3 rings (SSSR count). The number of benzene rings is 1. The average molecular weight is 371 g/mol. The fourth-order valence-corrected chi connectivity index (χ4v) is 4.14. The van der Waals surface area contributed by atoms with Gasteiger partial charge in [-0.25, -0.2) is 5.01 Å². The molecule has 2 N–H and O–H groups in total. The van der Waals surface area contributed by atoms with Gasteiger partial charge in [0.05, 0.1) is 5.69 Å². The molecular weight excluding hydrogens is 342 g/mol. The van der Waals surface area contributed by atoms with Gasteiger partial charge >= 0.3 is 0 Å². The highest BCUT2D eigenvalue weighted by Gasteiger charge is 2.35. The van der Waals surface area contributed by atoms with Crippen LogP contribution in [-0.4, -0.2) is 23.8 Å². The summed E-state index contributed by atoms with van der Waals surface area (Å²) in [5.41, 5.74) is 3.85. The molecule has 1 aromatic carbocycles. The number of amides is 3. The smallest absolute Gasteiger partial charge is 0.251 e. The second-order valence-corrected chi connectivity index (χ2v) is 8.65. The van der Waals surface area contributed by atoms with Gasteiger partial charge < -0.3 is 5.32 Å². The Kier molecular flexibility index (Phi) is 5.53. The van der Waals surface area contributed by atoms with Crippen molar-refractivity contribution in [2.45, 2.75) is 65.3 Å². The van der Waals surface area contributed by atoms with Gasteiger partial charge in [-0.05, 0) is 48.4 Å². The monoisotopic (exact) mass is 371 g/mol. The highest BCUT2D eigenvalue weighted by Crippen LogP contribution is 2.38. The molecule has 146 valence electrons. The fourth-order valence-electron chi connectivity index (χ4n) is 4.14. The first kappa shape index (κ1) is 19.4. The topological polar surface area (TPSA) is 78.5 Å². The first-order valence-corrected chi connectivity index (χ1v) is 9.79. The lowest BCUT2D eigenvalue weighted by Crippen LogP contribution is -2.50. The molecule has 2 atom stereocenters. The molecule has 2 fully saturated rings. The Morgan fingerprint density at radius 3 is 2.41 bits per heavy atom. The quantitative estimate of drug-likeness (QED) is 0.856. The van der Waals surface area contributed by atoms with Gasteiger partial charge in [0.2, 0.25) is 11.8 Å². The van der Waals surface area contributed by atoms with Gasteiger partial charge in [0, 0.05) is 24.4 Å². The van der Waals surface area contributed by atoms with Crippen molar-refractivity contribution >= 4 is 23.4 Å². The molecule has 6 nitrogen and oxygen atoms in total. The van der Waals surface area contributed by atoms with E-state index in [1.807, 2.05) is 0 Å². The Labute approximate surface area is 160 Å². The number of hydrogen-bond acceptors (Lipinski definition) is 3. The fraction of sp³-hybridized carbons (Fsp3) is 0.571. The summed E-state index contributed by atoms with van der Waals surface area (Å²) in [6.07, 6.45) is 4.94. The zero-order chi connectivity index (χ0) is 19.6. The number of hydrazine groups is 1. The molecule has 0 radical (unpaired) electrons. The Morgan fingerprint density at radius 1 is 1.07 bits per heavy atom. The summed E-state index contributed by atoms with van der Waals surface area (Å²) in [6.45, 7) is 6.71. The van der Waals surface area contributed by atoms with E-state index in [2.05, 4.69) is 31.5 Å². The minimum absolute atomic E-state index is 0.0864. The van der Waals surface area contributed by atoms with E-state index < -0.39 is 0 Å². The summed E-state index contributed by atoms with van der Waals surface area (Å²) in [5, 5.41) is 4.47. The maximum Gasteiger partial charge on any atom is 0.251 e. The molecule has 0 spiro atoms. The molecule has 6 heteroatoms. The van der Waals surface area contributed by atoms with Gasteiger partial charge in [0.1, 0.15) is 0 Å². The van der Waals surface area contributed by atoms with Crippen LogP contribution in [0.4, 0.5) is 5.69 Å². The second-order valence-electron chi connectivity index (χ2n) is 8.65. The Hall–Kier alpha value is -2.37. The Morgan fingerprint density at radius 2 is 1.74 bits per heavy atom. The minimum atomic E-state index is -0.179. The largest absolute Gasteiger partial charge is 0.349 e. The first-order chi connectivity index (χ1) is 12.8. The van der Waals surface area contributed by atoms with Crippen LogP contribution in [0.1, 0.15) is 69.7 Å². The third kappa shape index (κ3) is 4.49. The molecule has 27 heavy (non-hydrogen) atoms. The van der Waals surface area contributed by atoms with E-state index in [0.29, 0.717) is 17.2 Å². The number of nitrogens with zero attached hydrogens (tertiary/aromatic N) is 1.